The van der Waals surface area contributed by atoms with Gasteiger partial charge in [0.25, 0.3) is 0 Å². The van der Waals surface area contributed by atoms with Gasteiger partial charge in [-0.15, -0.1) is 0 Å². The molecule has 0 amide bonds. The Balaban J connectivity index is 2.16. The number of halogens is 2. The number of aromatic nitrogens is 4. The number of hydrogen-bond acceptors (Lipinski definition) is 5. The first kappa shape index (κ1) is 13.5. The number of hydrogen-bond donors (Lipinski definition) is 0. The molecule has 98 valence electrons. The second-order valence-corrected chi connectivity index (χ2v) is 4.56. The summed E-state index contributed by atoms with van der Waals surface area (Å²) in [5.41, 5.74) is 1.26. The van der Waals surface area contributed by atoms with Crippen molar-refractivity contribution in [3.8, 4) is 5.88 Å². The van der Waals surface area contributed by atoms with Crippen molar-refractivity contribution in [1.82, 2.24) is 19.7 Å². The van der Waals surface area contributed by atoms with Crippen LogP contribution in [-0.2, 0) is 11.3 Å². The normalized spacial score (nSPS) is 11.1. The van der Waals surface area contributed by atoms with Crippen LogP contribution in [0.2, 0.25) is 5.28 Å². The third-order valence-electron chi connectivity index (χ3n) is 2.23. The van der Waals surface area contributed by atoms with E-state index in [1.807, 2.05) is 0 Å². The van der Waals surface area contributed by atoms with E-state index in [-0.39, 0.29) is 5.28 Å². The number of alkyl halides is 1. The third-order valence-corrected chi connectivity index (χ3v) is 2.72. The summed E-state index contributed by atoms with van der Waals surface area (Å²) < 4.78 is 12.2. The molecular formula is C10H12BrClN4O2. The van der Waals surface area contributed by atoms with Crippen molar-refractivity contribution in [2.75, 3.05) is 25.7 Å². The van der Waals surface area contributed by atoms with Crippen LogP contribution < -0.4 is 4.74 Å². The molecule has 0 aliphatic heterocycles. The van der Waals surface area contributed by atoms with Crippen molar-refractivity contribution >= 4 is 38.6 Å². The molecule has 8 heteroatoms. The summed E-state index contributed by atoms with van der Waals surface area (Å²) in [6.45, 7) is 1.91. The van der Waals surface area contributed by atoms with Crippen LogP contribution in [0, 0.1) is 0 Å². The molecule has 2 aromatic rings. The van der Waals surface area contributed by atoms with Crippen LogP contribution in [0.5, 0.6) is 5.88 Å². The second kappa shape index (κ2) is 6.31. The smallest absolute Gasteiger partial charge is 0.246 e. The van der Waals surface area contributed by atoms with Gasteiger partial charge >= 0.3 is 0 Å². The first-order valence-electron chi connectivity index (χ1n) is 5.33. The van der Waals surface area contributed by atoms with Gasteiger partial charge in [0.15, 0.2) is 5.52 Å². The van der Waals surface area contributed by atoms with Crippen LogP contribution in [0.1, 0.15) is 0 Å². The molecule has 0 aliphatic rings. The van der Waals surface area contributed by atoms with E-state index in [4.69, 9.17) is 21.1 Å². The largest absolute Gasteiger partial charge is 0.479 e. The SMILES string of the molecule is COc1nc(Cl)nc2cn(CCOCCBr)nc12. The van der Waals surface area contributed by atoms with Crippen molar-refractivity contribution in [3.63, 3.8) is 0 Å². The Kier molecular flexibility index (Phi) is 4.73. The molecule has 0 aromatic carbocycles. The minimum absolute atomic E-state index is 0.148. The zero-order valence-electron chi connectivity index (χ0n) is 9.77. The molecule has 0 saturated carbocycles. The Bertz CT molecular complexity index is 534. The van der Waals surface area contributed by atoms with E-state index in [2.05, 4.69) is 31.0 Å². The monoisotopic (exact) mass is 334 g/mol. The van der Waals surface area contributed by atoms with E-state index >= 15 is 0 Å². The quantitative estimate of drug-likeness (QED) is 0.458. The highest BCUT2D eigenvalue weighted by Gasteiger charge is 2.11. The molecule has 0 radical (unpaired) electrons. The van der Waals surface area contributed by atoms with Crippen LogP contribution >= 0.6 is 27.5 Å². The molecule has 6 nitrogen and oxygen atoms in total. The van der Waals surface area contributed by atoms with Gasteiger partial charge in [-0.25, -0.2) is 4.98 Å². The highest BCUT2D eigenvalue weighted by atomic mass is 79.9. The van der Waals surface area contributed by atoms with Crippen molar-refractivity contribution in [1.29, 1.82) is 0 Å². The van der Waals surface area contributed by atoms with Crippen LogP contribution in [0.4, 0.5) is 0 Å². The molecule has 2 rings (SSSR count). The lowest BCUT2D eigenvalue weighted by Crippen LogP contribution is -2.07. The molecule has 18 heavy (non-hydrogen) atoms. The Morgan fingerprint density at radius 2 is 2.22 bits per heavy atom. The zero-order chi connectivity index (χ0) is 13.0. The average Bonchev–Trinajstić information content (AvgIpc) is 2.76. The molecule has 0 saturated heterocycles. The van der Waals surface area contributed by atoms with Crippen molar-refractivity contribution in [2.24, 2.45) is 0 Å². The topological polar surface area (TPSA) is 62.1 Å². The summed E-state index contributed by atoms with van der Waals surface area (Å²) in [6, 6.07) is 0. The summed E-state index contributed by atoms with van der Waals surface area (Å²) in [4.78, 5) is 8.05. The van der Waals surface area contributed by atoms with E-state index in [0.717, 1.165) is 5.33 Å². The number of nitrogens with zero attached hydrogens (tertiary/aromatic N) is 4. The fraction of sp³-hybridized carbons (Fsp3) is 0.500. The van der Waals surface area contributed by atoms with E-state index < -0.39 is 0 Å². The van der Waals surface area contributed by atoms with Gasteiger partial charge in [0.05, 0.1) is 33.1 Å². The lowest BCUT2D eigenvalue weighted by atomic mass is 10.4. The van der Waals surface area contributed by atoms with Crippen molar-refractivity contribution in [2.45, 2.75) is 6.54 Å². The van der Waals surface area contributed by atoms with Gasteiger partial charge in [0, 0.05) is 5.33 Å². The van der Waals surface area contributed by atoms with E-state index in [9.17, 15) is 0 Å². The minimum atomic E-state index is 0.148. The Morgan fingerprint density at radius 3 is 2.94 bits per heavy atom. The number of rotatable bonds is 6. The predicted octanol–water partition coefficient (Wildman–Crippen LogP) is 1.90. The Labute approximate surface area is 117 Å². The van der Waals surface area contributed by atoms with Crippen LogP contribution in [-0.4, -0.2) is 45.4 Å². The standard InChI is InChI=1S/C10H12BrClN4O2/c1-17-9-8-7(13-10(12)14-9)6-16(15-8)3-5-18-4-2-11/h6H,2-5H2,1H3. The van der Waals surface area contributed by atoms with Gasteiger partial charge in [0.2, 0.25) is 11.2 Å². The van der Waals surface area contributed by atoms with Crippen LogP contribution in [0.15, 0.2) is 6.20 Å². The molecule has 0 aliphatic carbocycles. The highest BCUT2D eigenvalue weighted by molar-refractivity contribution is 9.09. The number of fused-ring (bicyclic) bond motifs is 1. The zero-order valence-corrected chi connectivity index (χ0v) is 12.1. The fourth-order valence-electron chi connectivity index (χ4n) is 1.48. The molecule has 0 bridgehead atoms. The maximum Gasteiger partial charge on any atom is 0.246 e. The lowest BCUT2D eigenvalue weighted by molar-refractivity contribution is 0.139. The highest BCUT2D eigenvalue weighted by Crippen LogP contribution is 2.21. The molecule has 0 unspecified atom stereocenters. The molecular weight excluding hydrogens is 323 g/mol. The summed E-state index contributed by atoms with van der Waals surface area (Å²) in [7, 11) is 1.52. The molecule has 0 fully saturated rings. The average molecular weight is 336 g/mol. The van der Waals surface area contributed by atoms with Crippen molar-refractivity contribution in [3.05, 3.63) is 11.5 Å². The Morgan fingerprint density at radius 1 is 1.39 bits per heavy atom. The minimum Gasteiger partial charge on any atom is -0.479 e. The van der Waals surface area contributed by atoms with Crippen molar-refractivity contribution < 1.29 is 9.47 Å². The lowest BCUT2D eigenvalue weighted by Gasteiger charge is -2.01. The summed E-state index contributed by atoms with van der Waals surface area (Å²) in [5, 5.41) is 5.31. The molecule has 2 aromatic heterocycles. The second-order valence-electron chi connectivity index (χ2n) is 3.43. The van der Waals surface area contributed by atoms with E-state index in [0.29, 0.717) is 36.7 Å². The summed E-state index contributed by atoms with van der Waals surface area (Å²) in [6.07, 6.45) is 1.79. The maximum absolute atomic E-state index is 5.79. The first-order valence-corrected chi connectivity index (χ1v) is 6.83. The first-order chi connectivity index (χ1) is 8.74. The fourth-order valence-corrected chi connectivity index (χ4v) is 1.87. The number of ether oxygens (including phenoxy) is 2. The molecule has 0 N–H and O–H groups in total. The Hall–Kier alpha value is -0.920. The predicted molar refractivity (Wildman–Crippen MR) is 71.5 cm³/mol. The van der Waals surface area contributed by atoms with Gasteiger partial charge in [-0.05, 0) is 11.6 Å². The van der Waals surface area contributed by atoms with Gasteiger partial charge in [0.1, 0.15) is 5.52 Å². The van der Waals surface area contributed by atoms with E-state index in [1.165, 1.54) is 7.11 Å². The van der Waals surface area contributed by atoms with Gasteiger partial charge < -0.3 is 9.47 Å². The van der Waals surface area contributed by atoms with Crippen LogP contribution in [0.25, 0.3) is 11.0 Å². The summed E-state index contributed by atoms with van der Waals surface area (Å²) >= 11 is 9.08. The molecule has 0 spiro atoms. The van der Waals surface area contributed by atoms with Gasteiger partial charge in [-0.2, -0.15) is 10.1 Å². The maximum atomic E-state index is 5.79. The third kappa shape index (κ3) is 3.09. The van der Waals surface area contributed by atoms with Gasteiger partial charge in [-0.1, -0.05) is 15.9 Å². The van der Waals surface area contributed by atoms with Gasteiger partial charge in [-0.3, -0.25) is 4.68 Å². The summed E-state index contributed by atoms with van der Waals surface area (Å²) in [5.74, 6) is 0.380. The van der Waals surface area contributed by atoms with E-state index in [1.54, 1.807) is 10.9 Å². The molecule has 2 heterocycles. The number of methoxy groups -OCH3 is 1. The molecule has 0 atom stereocenters. The van der Waals surface area contributed by atoms with Crippen LogP contribution in [0.3, 0.4) is 0 Å².